The zero-order chi connectivity index (χ0) is 13.0. The van der Waals surface area contributed by atoms with Crippen LogP contribution in [0.25, 0.3) is 0 Å². The summed E-state index contributed by atoms with van der Waals surface area (Å²) in [7, 11) is 1.60. The van der Waals surface area contributed by atoms with Crippen LogP contribution < -0.4 is 9.47 Å². The largest absolute Gasteiger partial charge is 0.493 e. The number of hydrogen-bond acceptors (Lipinski definition) is 4. The van der Waals surface area contributed by atoms with Crippen molar-refractivity contribution in [3.63, 3.8) is 0 Å². The minimum atomic E-state index is -0.109. The number of ether oxygens (including phenoxy) is 2. The molecule has 1 aromatic carbocycles. The monoisotopic (exact) mass is 245 g/mol. The van der Waals surface area contributed by atoms with Crippen molar-refractivity contribution in [3.8, 4) is 17.2 Å². The summed E-state index contributed by atoms with van der Waals surface area (Å²) in [4.78, 5) is 3.99. The van der Waals surface area contributed by atoms with E-state index in [9.17, 15) is 0 Å². The van der Waals surface area contributed by atoms with Gasteiger partial charge in [-0.3, -0.25) is 4.98 Å². The molecule has 0 radical (unpaired) electrons. The van der Waals surface area contributed by atoms with Gasteiger partial charge in [0, 0.05) is 12.3 Å². The maximum Gasteiger partial charge on any atom is 0.169 e. The van der Waals surface area contributed by atoms with Crippen molar-refractivity contribution < 1.29 is 14.6 Å². The van der Waals surface area contributed by atoms with Gasteiger partial charge in [0.2, 0.25) is 0 Å². The third-order valence-electron chi connectivity index (χ3n) is 2.50. The molecule has 2 rings (SSSR count). The van der Waals surface area contributed by atoms with E-state index in [1.165, 1.54) is 0 Å². The Labute approximate surface area is 106 Å². The number of aromatic nitrogens is 1. The first-order valence-corrected chi connectivity index (χ1v) is 5.61. The average molecular weight is 245 g/mol. The molecule has 4 nitrogen and oxygen atoms in total. The second kappa shape index (κ2) is 5.51. The quantitative estimate of drug-likeness (QED) is 0.899. The molecule has 1 aromatic heterocycles. The van der Waals surface area contributed by atoms with Gasteiger partial charge in [0.05, 0.1) is 19.4 Å². The molecule has 0 atom stereocenters. The lowest BCUT2D eigenvalue weighted by Crippen LogP contribution is -1.93. The molecule has 1 N–H and O–H groups in total. The Bertz CT molecular complexity index is 540. The summed E-state index contributed by atoms with van der Waals surface area (Å²) in [6.45, 7) is 1.88. The van der Waals surface area contributed by atoms with Crippen LogP contribution in [-0.4, -0.2) is 17.2 Å². The lowest BCUT2D eigenvalue weighted by molar-refractivity contribution is 0.276. The number of nitrogens with zero attached hydrogens (tertiary/aromatic N) is 1. The molecule has 0 bridgehead atoms. The van der Waals surface area contributed by atoms with Crippen molar-refractivity contribution in [2.45, 2.75) is 13.5 Å². The Morgan fingerprint density at radius 2 is 2.00 bits per heavy atom. The summed E-state index contributed by atoms with van der Waals surface area (Å²) < 4.78 is 11.0. The fraction of sp³-hybridized carbons (Fsp3) is 0.214. The highest BCUT2D eigenvalue weighted by molar-refractivity contribution is 5.45. The second-order valence-electron chi connectivity index (χ2n) is 3.90. The third-order valence-corrected chi connectivity index (χ3v) is 2.50. The van der Waals surface area contributed by atoms with Crippen molar-refractivity contribution in [1.82, 2.24) is 4.98 Å². The standard InChI is InChI=1S/C14H15NO3/c1-10-3-4-13(14(7-10)17-2)18-12-5-6-15-11(8-12)9-16/h3-8,16H,9H2,1-2H3. The zero-order valence-electron chi connectivity index (χ0n) is 10.4. The minimum absolute atomic E-state index is 0.109. The van der Waals surface area contributed by atoms with Crippen molar-refractivity contribution in [1.29, 1.82) is 0 Å². The number of methoxy groups -OCH3 is 1. The molecule has 18 heavy (non-hydrogen) atoms. The number of aliphatic hydroxyl groups excluding tert-OH is 1. The topological polar surface area (TPSA) is 51.6 Å². The van der Waals surface area contributed by atoms with E-state index in [1.807, 2.05) is 25.1 Å². The van der Waals surface area contributed by atoms with Crippen LogP contribution >= 0.6 is 0 Å². The van der Waals surface area contributed by atoms with Crippen LogP contribution in [-0.2, 0) is 6.61 Å². The number of rotatable bonds is 4. The van der Waals surface area contributed by atoms with Gasteiger partial charge in [-0.15, -0.1) is 0 Å². The molecule has 0 aliphatic carbocycles. The van der Waals surface area contributed by atoms with E-state index in [0.29, 0.717) is 22.9 Å². The van der Waals surface area contributed by atoms with Crippen molar-refractivity contribution in [2.75, 3.05) is 7.11 Å². The highest BCUT2D eigenvalue weighted by Crippen LogP contribution is 2.32. The molecule has 0 saturated carbocycles. The number of aryl methyl sites for hydroxylation is 1. The molecule has 0 amide bonds. The van der Waals surface area contributed by atoms with Gasteiger partial charge in [0.1, 0.15) is 5.75 Å². The van der Waals surface area contributed by atoms with E-state index in [0.717, 1.165) is 5.56 Å². The Balaban J connectivity index is 2.27. The summed E-state index contributed by atoms with van der Waals surface area (Å²) >= 11 is 0. The smallest absolute Gasteiger partial charge is 0.169 e. The van der Waals surface area contributed by atoms with Gasteiger partial charge in [0.25, 0.3) is 0 Å². The van der Waals surface area contributed by atoms with Gasteiger partial charge < -0.3 is 14.6 Å². The molecule has 0 aliphatic rings. The molecule has 2 aromatic rings. The Morgan fingerprint density at radius 1 is 1.17 bits per heavy atom. The molecule has 0 aliphatic heterocycles. The molecule has 0 fully saturated rings. The van der Waals surface area contributed by atoms with Crippen LogP contribution in [0.2, 0.25) is 0 Å². The Hall–Kier alpha value is -2.07. The lowest BCUT2D eigenvalue weighted by atomic mass is 10.2. The van der Waals surface area contributed by atoms with Gasteiger partial charge in [0.15, 0.2) is 11.5 Å². The first kappa shape index (κ1) is 12.4. The van der Waals surface area contributed by atoms with Gasteiger partial charge in [-0.1, -0.05) is 6.07 Å². The van der Waals surface area contributed by atoms with Crippen LogP contribution in [0.3, 0.4) is 0 Å². The van der Waals surface area contributed by atoms with Crippen LogP contribution in [0, 0.1) is 6.92 Å². The summed E-state index contributed by atoms with van der Waals surface area (Å²) in [5, 5.41) is 9.02. The summed E-state index contributed by atoms with van der Waals surface area (Å²) in [5.74, 6) is 1.94. The predicted molar refractivity (Wildman–Crippen MR) is 68.0 cm³/mol. The van der Waals surface area contributed by atoms with Crippen molar-refractivity contribution >= 4 is 0 Å². The number of aliphatic hydroxyl groups is 1. The van der Waals surface area contributed by atoms with Crippen LogP contribution in [0.5, 0.6) is 17.2 Å². The minimum Gasteiger partial charge on any atom is -0.493 e. The lowest BCUT2D eigenvalue weighted by Gasteiger charge is -2.11. The summed E-state index contributed by atoms with van der Waals surface area (Å²) in [6.07, 6.45) is 1.60. The Morgan fingerprint density at radius 3 is 2.72 bits per heavy atom. The summed E-state index contributed by atoms with van der Waals surface area (Å²) in [5.41, 5.74) is 1.67. The van der Waals surface area contributed by atoms with E-state index in [2.05, 4.69) is 4.98 Å². The second-order valence-corrected chi connectivity index (χ2v) is 3.90. The molecule has 1 heterocycles. The molecule has 4 heteroatoms. The van der Waals surface area contributed by atoms with Gasteiger partial charge >= 0.3 is 0 Å². The van der Waals surface area contributed by atoms with Crippen LogP contribution in [0.4, 0.5) is 0 Å². The van der Waals surface area contributed by atoms with E-state index < -0.39 is 0 Å². The fourth-order valence-electron chi connectivity index (χ4n) is 1.59. The predicted octanol–water partition coefficient (Wildman–Crippen LogP) is 2.68. The normalized spacial score (nSPS) is 10.2. The highest BCUT2D eigenvalue weighted by atomic mass is 16.5. The number of hydrogen-bond donors (Lipinski definition) is 1. The molecule has 0 saturated heterocycles. The molecular weight excluding hydrogens is 230 g/mol. The SMILES string of the molecule is COc1cc(C)ccc1Oc1ccnc(CO)c1. The average Bonchev–Trinajstić information content (AvgIpc) is 2.41. The van der Waals surface area contributed by atoms with Crippen molar-refractivity contribution in [3.05, 3.63) is 47.8 Å². The van der Waals surface area contributed by atoms with E-state index in [4.69, 9.17) is 14.6 Å². The van der Waals surface area contributed by atoms with E-state index in [1.54, 1.807) is 25.4 Å². The fourth-order valence-corrected chi connectivity index (χ4v) is 1.59. The van der Waals surface area contributed by atoms with Gasteiger partial charge in [-0.05, 0) is 30.7 Å². The molecule has 0 unspecified atom stereocenters. The third kappa shape index (κ3) is 2.78. The molecular formula is C14H15NO3. The van der Waals surface area contributed by atoms with Crippen LogP contribution in [0.1, 0.15) is 11.3 Å². The first-order valence-electron chi connectivity index (χ1n) is 5.61. The molecule has 0 spiro atoms. The number of pyridine rings is 1. The zero-order valence-corrected chi connectivity index (χ0v) is 10.4. The first-order chi connectivity index (χ1) is 8.72. The van der Waals surface area contributed by atoms with Gasteiger partial charge in [-0.2, -0.15) is 0 Å². The maximum atomic E-state index is 9.02. The summed E-state index contributed by atoms with van der Waals surface area (Å²) in [6, 6.07) is 9.14. The highest BCUT2D eigenvalue weighted by Gasteiger charge is 2.06. The molecule has 94 valence electrons. The van der Waals surface area contributed by atoms with E-state index in [-0.39, 0.29) is 6.61 Å². The van der Waals surface area contributed by atoms with Gasteiger partial charge in [-0.25, -0.2) is 0 Å². The van der Waals surface area contributed by atoms with Crippen LogP contribution in [0.15, 0.2) is 36.5 Å². The van der Waals surface area contributed by atoms with E-state index >= 15 is 0 Å². The maximum absolute atomic E-state index is 9.02. The Kier molecular flexibility index (Phi) is 3.79. The van der Waals surface area contributed by atoms with Crippen molar-refractivity contribution in [2.24, 2.45) is 0 Å². The number of benzene rings is 1.